The van der Waals surface area contributed by atoms with Crippen LogP contribution in [0.5, 0.6) is 0 Å². The SMILES string of the molecule is O=C1OC(c2ccccc2)=N/C1=C\c1cccc(F)c1. The molecular weight excluding hydrogens is 257 g/mol. The molecule has 0 saturated carbocycles. The molecule has 2 aromatic carbocycles. The van der Waals surface area contributed by atoms with Crippen molar-refractivity contribution in [2.75, 3.05) is 0 Å². The van der Waals surface area contributed by atoms with Gasteiger partial charge in [-0.2, -0.15) is 0 Å². The first-order chi connectivity index (χ1) is 9.72. The average Bonchev–Trinajstić information content (AvgIpc) is 2.81. The van der Waals surface area contributed by atoms with Gasteiger partial charge in [-0.1, -0.05) is 30.3 Å². The Labute approximate surface area is 115 Å². The van der Waals surface area contributed by atoms with Crippen molar-refractivity contribution in [2.24, 2.45) is 4.99 Å². The first-order valence-electron chi connectivity index (χ1n) is 6.06. The third-order valence-electron chi connectivity index (χ3n) is 2.79. The summed E-state index contributed by atoms with van der Waals surface area (Å²) in [6, 6.07) is 15.1. The summed E-state index contributed by atoms with van der Waals surface area (Å²) >= 11 is 0. The van der Waals surface area contributed by atoms with Crippen LogP contribution < -0.4 is 0 Å². The van der Waals surface area contributed by atoms with Gasteiger partial charge in [0.05, 0.1) is 0 Å². The lowest BCUT2D eigenvalue weighted by molar-refractivity contribution is -0.129. The summed E-state index contributed by atoms with van der Waals surface area (Å²) in [5, 5.41) is 0. The van der Waals surface area contributed by atoms with E-state index in [0.29, 0.717) is 5.56 Å². The summed E-state index contributed by atoms with van der Waals surface area (Å²) in [4.78, 5) is 15.9. The van der Waals surface area contributed by atoms with Crippen LogP contribution in [0.3, 0.4) is 0 Å². The third kappa shape index (κ3) is 2.49. The molecule has 2 aromatic rings. The second kappa shape index (κ2) is 5.09. The molecule has 0 spiro atoms. The van der Waals surface area contributed by atoms with E-state index in [-0.39, 0.29) is 17.4 Å². The van der Waals surface area contributed by atoms with Gasteiger partial charge < -0.3 is 4.74 Å². The molecule has 98 valence electrons. The fourth-order valence-corrected chi connectivity index (χ4v) is 1.87. The molecular formula is C16H10FNO2. The molecule has 0 bridgehead atoms. The minimum absolute atomic E-state index is 0.162. The number of aliphatic imine (C=N–C) groups is 1. The largest absolute Gasteiger partial charge is 0.402 e. The van der Waals surface area contributed by atoms with E-state index in [2.05, 4.69) is 4.99 Å². The Kier molecular flexibility index (Phi) is 3.13. The lowest BCUT2D eigenvalue weighted by atomic mass is 10.2. The van der Waals surface area contributed by atoms with Crippen molar-refractivity contribution >= 4 is 17.9 Å². The number of rotatable bonds is 2. The molecule has 0 atom stereocenters. The second-order valence-electron chi connectivity index (χ2n) is 4.26. The van der Waals surface area contributed by atoms with Crippen LogP contribution in [0.2, 0.25) is 0 Å². The van der Waals surface area contributed by atoms with E-state index in [1.54, 1.807) is 24.3 Å². The Morgan fingerprint density at radius 3 is 2.60 bits per heavy atom. The molecule has 20 heavy (non-hydrogen) atoms. The summed E-state index contributed by atoms with van der Waals surface area (Å²) in [5.74, 6) is -0.635. The number of carbonyl (C=O) groups is 1. The number of carbonyl (C=O) groups excluding carboxylic acids is 1. The smallest absolute Gasteiger partial charge is 0.363 e. The zero-order valence-corrected chi connectivity index (χ0v) is 10.4. The highest BCUT2D eigenvalue weighted by atomic mass is 19.1. The van der Waals surface area contributed by atoms with Crippen molar-refractivity contribution in [3.05, 3.63) is 77.2 Å². The lowest BCUT2D eigenvalue weighted by Gasteiger charge is -1.97. The number of hydrogen-bond donors (Lipinski definition) is 0. The van der Waals surface area contributed by atoms with Crippen LogP contribution in [0.15, 0.2) is 65.3 Å². The molecule has 1 heterocycles. The number of nitrogens with zero attached hydrogens (tertiary/aromatic N) is 1. The van der Waals surface area contributed by atoms with E-state index >= 15 is 0 Å². The number of hydrogen-bond acceptors (Lipinski definition) is 3. The fourth-order valence-electron chi connectivity index (χ4n) is 1.87. The molecule has 0 N–H and O–H groups in total. The van der Waals surface area contributed by atoms with Crippen LogP contribution in [-0.2, 0) is 9.53 Å². The zero-order valence-electron chi connectivity index (χ0n) is 10.4. The van der Waals surface area contributed by atoms with Crippen LogP contribution in [0.25, 0.3) is 6.08 Å². The van der Waals surface area contributed by atoms with E-state index in [1.807, 2.05) is 18.2 Å². The van der Waals surface area contributed by atoms with Crippen LogP contribution in [0, 0.1) is 5.82 Å². The van der Waals surface area contributed by atoms with Gasteiger partial charge in [-0.25, -0.2) is 14.2 Å². The van der Waals surface area contributed by atoms with Gasteiger partial charge in [0.15, 0.2) is 5.70 Å². The van der Waals surface area contributed by atoms with Crippen LogP contribution in [0.1, 0.15) is 11.1 Å². The number of ether oxygens (including phenoxy) is 1. The summed E-state index contributed by atoms with van der Waals surface area (Å²) < 4.78 is 18.2. The molecule has 0 unspecified atom stereocenters. The Morgan fingerprint density at radius 2 is 1.85 bits per heavy atom. The molecule has 4 heteroatoms. The molecule has 0 aromatic heterocycles. The zero-order chi connectivity index (χ0) is 13.9. The maximum absolute atomic E-state index is 13.1. The minimum Gasteiger partial charge on any atom is -0.402 e. The monoisotopic (exact) mass is 267 g/mol. The summed E-state index contributed by atoms with van der Waals surface area (Å²) in [6.07, 6.45) is 1.50. The highest BCUT2D eigenvalue weighted by Gasteiger charge is 2.23. The number of halogens is 1. The topological polar surface area (TPSA) is 38.7 Å². The van der Waals surface area contributed by atoms with Crippen molar-refractivity contribution in [1.29, 1.82) is 0 Å². The Bertz CT molecular complexity index is 720. The maximum Gasteiger partial charge on any atom is 0.363 e. The van der Waals surface area contributed by atoms with Gasteiger partial charge in [0.1, 0.15) is 5.82 Å². The molecule has 0 radical (unpaired) electrons. The van der Waals surface area contributed by atoms with E-state index < -0.39 is 5.97 Å². The summed E-state index contributed by atoms with van der Waals surface area (Å²) in [6.45, 7) is 0. The Balaban J connectivity index is 1.95. The second-order valence-corrected chi connectivity index (χ2v) is 4.26. The highest BCUT2D eigenvalue weighted by Crippen LogP contribution is 2.19. The van der Waals surface area contributed by atoms with Gasteiger partial charge in [-0.15, -0.1) is 0 Å². The van der Waals surface area contributed by atoms with Crippen molar-refractivity contribution in [2.45, 2.75) is 0 Å². The van der Waals surface area contributed by atoms with Crippen LogP contribution in [0.4, 0.5) is 4.39 Å². The Morgan fingerprint density at radius 1 is 1.05 bits per heavy atom. The quantitative estimate of drug-likeness (QED) is 0.619. The van der Waals surface area contributed by atoms with Gasteiger partial charge in [0.2, 0.25) is 5.90 Å². The van der Waals surface area contributed by atoms with Crippen molar-refractivity contribution in [3.8, 4) is 0 Å². The average molecular weight is 267 g/mol. The molecule has 1 aliphatic heterocycles. The number of benzene rings is 2. The molecule has 0 amide bonds. The molecule has 3 rings (SSSR count). The van der Waals surface area contributed by atoms with Crippen LogP contribution in [-0.4, -0.2) is 11.9 Å². The van der Waals surface area contributed by atoms with E-state index in [0.717, 1.165) is 5.56 Å². The molecule has 0 fully saturated rings. The van der Waals surface area contributed by atoms with E-state index in [9.17, 15) is 9.18 Å². The standard InChI is InChI=1S/C16H10FNO2/c17-13-8-4-5-11(9-13)10-14-16(19)20-15(18-14)12-6-2-1-3-7-12/h1-10H/b14-10-. The normalized spacial score (nSPS) is 16.1. The third-order valence-corrected chi connectivity index (χ3v) is 2.79. The fraction of sp³-hybridized carbons (Fsp3) is 0. The van der Waals surface area contributed by atoms with Gasteiger partial charge in [0, 0.05) is 5.56 Å². The van der Waals surface area contributed by atoms with E-state index in [4.69, 9.17) is 4.74 Å². The van der Waals surface area contributed by atoms with Gasteiger partial charge in [-0.05, 0) is 35.9 Å². The molecule has 1 aliphatic rings. The summed E-state index contributed by atoms with van der Waals surface area (Å²) in [5.41, 5.74) is 1.45. The predicted molar refractivity (Wildman–Crippen MR) is 73.4 cm³/mol. The van der Waals surface area contributed by atoms with Crippen LogP contribution >= 0.6 is 0 Å². The Hall–Kier alpha value is -2.75. The minimum atomic E-state index is -0.534. The predicted octanol–water partition coefficient (Wildman–Crippen LogP) is 3.17. The van der Waals surface area contributed by atoms with Gasteiger partial charge in [0.25, 0.3) is 0 Å². The molecule has 3 nitrogen and oxygen atoms in total. The first kappa shape index (κ1) is 12.3. The molecule has 0 saturated heterocycles. The lowest BCUT2D eigenvalue weighted by Crippen LogP contribution is -2.04. The number of cyclic esters (lactones) is 1. The van der Waals surface area contributed by atoms with E-state index in [1.165, 1.54) is 18.2 Å². The number of esters is 1. The van der Waals surface area contributed by atoms with Crippen molar-refractivity contribution < 1.29 is 13.9 Å². The first-order valence-corrected chi connectivity index (χ1v) is 6.06. The van der Waals surface area contributed by atoms with Crippen molar-refractivity contribution in [1.82, 2.24) is 0 Å². The van der Waals surface area contributed by atoms with Gasteiger partial charge >= 0.3 is 5.97 Å². The highest BCUT2D eigenvalue weighted by molar-refractivity contribution is 6.12. The molecule has 0 aliphatic carbocycles. The van der Waals surface area contributed by atoms with Gasteiger partial charge in [-0.3, -0.25) is 0 Å². The maximum atomic E-state index is 13.1. The summed E-state index contributed by atoms with van der Waals surface area (Å²) in [7, 11) is 0. The van der Waals surface area contributed by atoms with Crippen molar-refractivity contribution in [3.63, 3.8) is 0 Å².